The van der Waals surface area contributed by atoms with Gasteiger partial charge in [0.15, 0.2) is 11.6 Å². The van der Waals surface area contributed by atoms with Gasteiger partial charge in [-0.25, -0.2) is 9.37 Å². The molecule has 9 heteroatoms. The van der Waals surface area contributed by atoms with Gasteiger partial charge in [0, 0.05) is 24.2 Å². The van der Waals surface area contributed by atoms with Crippen molar-refractivity contribution in [2.24, 2.45) is 0 Å². The highest BCUT2D eigenvalue weighted by Crippen LogP contribution is 2.23. The van der Waals surface area contributed by atoms with Crippen LogP contribution in [0.1, 0.15) is 8.22 Å². The van der Waals surface area contributed by atoms with Crippen molar-refractivity contribution in [1.29, 1.82) is 0 Å². The molecule has 0 fully saturated rings. The zero-order valence-electron chi connectivity index (χ0n) is 22.3. The van der Waals surface area contributed by atoms with Gasteiger partial charge in [0.2, 0.25) is 11.9 Å². The van der Waals surface area contributed by atoms with Crippen LogP contribution >= 0.6 is 0 Å². The highest BCUT2D eigenvalue weighted by Gasteiger charge is 2.09. The average molecular weight is 429 g/mol. The molecule has 3 N–H and O–H groups in total. The van der Waals surface area contributed by atoms with Crippen LogP contribution in [0.15, 0.2) is 67.3 Å². The van der Waals surface area contributed by atoms with Crippen LogP contribution in [0.3, 0.4) is 0 Å². The maximum absolute atomic E-state index is 14.4. The summed E-state index contributed by atoms with van der Waals surface area (Å²) in [6.45, 7) is -2.11. The molecule has 31 heavy (non-hydrogen) atoms. The number of benzene rings is 2. The van der Waals surface area contributed by atoms with Crippen LogP contribution in [0.4, 0.5) is 33.2 Å². The molecule has 1 aromatic heterocycles. The lowest BCUT2D eigenvalue weighted by Crippen LogP contribution is -2.07. The van der Waals surface area contributed by atoms with E-state index in [-0.39, 0.29) is 41.0 Å². The van der Waals surface area contributed by atoms with Gasteiger partial charge in [-0.1, -0.05) is 12.6 Å². The molecule has 0 spiro atoms. The van der Waals surface area contributed by atoms with E-state index in [1.165, 1.54) is 36.4 Å². The second kappa shape index (κ2) is 10.7. The number of rotatable bonds is 10. The third kappa shape index (κ3) is 6.51. The van der Waals surface area contributed by atoms with Gasteiger partial charge in [0.25, 0.3) is 0 Å². The highest BCUT2D eigenvalue weighted by molar-refractivity contribution is 5.99. The van der Waals surface area contributed by atoms with Crippen molar-refractivity contribution in [2.45, 2.75) is 0 Å². The number of nitrogens with one attached hydrogen (secondary N) is 3. The number of aromatic nitrogens is 2. The summed E-state index contributed by atoms with van der Waals surface area (Å²) in [6, 6.07) is 7.93. The second-order valence-electron chi connectivity index (χ2n) is 5.77. The van der Waals surface area contributed by atoms with Crippen LogP contribution in [0.2, 0.25) is 0 Å². The van der Waals surface area contributed by atoms with Crippen LogP contribution in [0.25, 0.3) is 0 Å². The van der Waals surface area contributed by atoms with Gasteiger partial charge in [0.05, 0.1) is 21.0 Å². The minimum atomic E-state index is -2.76. The quantitative estimate of drug-likeness (QED) is 0.415. The maximum atomic E-state index is 14.4. The molecule has 0 aliphatic rings. The molecule has 0 unspecified atom stereocenters. The van der Waals surface area contributed by atoms with Crippen LogP contribution in [0.5, 0.6) is 5.75 Å². The zero-order valence-corrected chi connectivity index (χ0v) is 16.3. The summed E-state index contributed by atoms with van der Waals surface area (Å²) in [5, 5.41) is 7.93. The summed E-state index contributed by atoms with van der Waals surface area (Å²) >= 11 is 0. The van der Waals surface area contributed by atoms with Crippen molar-refractivity contribution in [2.75, 3.05) is 36.2 Å². The number of hydrogen-bond donors (Lipinski definition) is 3. The van der Waals surface area contributed by atoms with Crippen molar-refractivity contribution in [3.8, 4) is 5.75 Å². The van der Waals surface area contributed by atoms with E-state index >= 15 is 0 Å². The Morgan fingerprint density at radius 2 is 2.00 bits per heavy atom. The summed E-state index contributed by atoms with van der Waals surface area (Å²) in [6.07, 6.45) is 1.93. The Kier molecular flexibility index (Phi) is 5.15. The fraction of sp³-hybridized carbons (Fsp3) is 0.136. The Labute approximate surface area is 187 Å². The lowest BCUT2D eigenvalue weighted by Gasteiger charge is -2.11. The predicted octanol–water partition coefficient (Wildman–Crippen LogP) is 4.25. The first-order valence-electron chi connectivity index (χ1n) is 11.8. The summed E-state index contributed by atoms with van der Waals surface area (Å²) in [5.74, 6) is -1.65. The third-order valence-electron chi connectivity index (χ3n) is 3.61. The fourth-order valence-electron chi connectivity index (χ4n) is 2.25. The SMILES string of the molecule is [2H]c1cc([2H])c(Nc2nc(Nc3ccc(OC([2H])([2H])C([2H])([2H])OC)cc3)ncc2F)cc1NC(=O)C=C. The smallest absolute Gasteiger partial charge is 0.247 e. The van der Waals surface area contributed by atoms with Crippen LogP contribution in [0, 0.1) is 5.82 Å². The number of hydrogen-bond acceptors (Lipinski definition) is 7. The predicted molar refractivity (Wildman–Crippen MR) is 118 cm³/mol. The molecule has 0 aliphatic carbocycles. The van der Waals surface area contributed by atoms with E-state index in [2.05, 4.69) is 37.2 Å². The Balaban J connectivity index is 1.77. The second-order valence-corrected chi connectivity index (χ2v) is 5.77. The molecule has 0 aliphatic heterocycles. The molecule has 3 rings (SSSR count). The number of carbonyl (C=O) groups excluding carboxylic acids is 1. The molecule has 160 valence electrons. The fourth-order valence-corrected chi connectivity index (χ4v) is 2.25. The molecular formula is C22H22FN5O3. The lowest BCUT2D eigenvalue weighted by atomic mass is 10.2. The summed E-state index contributed by atoms with van der Waals surface area (Å²) in [4.78, 5) is 19.5. The van der Waals surface area contributed by atoms with Crippen molar-refractivity contribution in [3.63, 3.8) is 0 Å². The van der Waals surface area contributed by atoms with Crippen molar-refractivity contribution >= 4 is 34.7 Å². The van der Waals surface area contributed by atoms with Gasteiger partial charge in [-0.2, -0.15) is 4.98 Å². The Hall–Kier alpha value is -3.98. The largest absolute Gasteiger partial charge is 0.491 e. The number of ether oxygens (including phenoxy) is 2. The first kappa shape index (κ1) is 14.9. The van der Waals surface area contributed by atoms with E-state index in [4.69, 9.17) is 13.0 Å². The highest BCUT2D eigenvalue weighted by atomic mass is 19.1. The molecule has 0 saturated carbocycles. The number of nitrogens with zero attached hydrogens (tertiary/aromatic N) is 2. The minimum absolute atomic E-state index is 0.0209. The number of carbonyl (C=O) groups is 1. The van der Waals surface area contributed by atoms with Crippen LogP contribution in [-0.2, 0) is 9.53 Å². The van der Waals surface area contributed by atoms with Crippen molar-refractivity contribution in [3.05, 3.63) is 73.2 Å². The number of halogens is 1. The standard InChI is InChI=1S/C22H22FN5O3/c1-3-20(29)25-16-5-4-6-17(13-16)26-21-19(23)14-24-22(28-21)27-15-7-9-18(10-8-15)31-12-11-30-2/h3-10,13-14H,1,11-12H2,2H3,(H,25,29)(H2,24,26,27,28)/i5D,6D,11D2,12D2. The van der Waals surface area contributed by atoms with Crippen LogP contribution in [-0.4, -0.2) is 36.1 Å². The first-order chi connectivity index (χ1) is 17.3. The molecule has 0 atom stereocenters. The van der Waals surface area contributed by atoms with E-state index in [1.54, 1.807) is 0 Å². The number of methoxy groups -OCH3 is 1. The van der Waals surface area contributed by atoms with E-state index in [1.807, 2.05) is 0 Å². The van der Waals surface area contributed by atoms with E-state index in [9.17, 15) is 9.18 Å². The molecule has 3 aromatic rings. The molecule has 2 aromatic carbocycles. The summed E-state index contributed by atoms with van der Waals surface area (Å²) < 4.78 is 70.5. The molecule has 0 bridgehead atoms. The van der Waals surface area contributed by atoms with E-state index in [0.717, 1.165) is 19.4 Å². The summed E-state index contributed by atoms with van der Waals surface area (Å²) in [7, 11) is 1.02. The van der Waals surface area contributed by atoms with Crippen molar-refractivity contribution < 1.29 is 26.9 Å². The molecule has 8 nitrogen and oxygen atoms in total. The van der Waals surface area contributed by atoms with Gasteiger partial charge in [0.1, 0.15) is 12.3 Å². The minimum Gasteiger partial charge on any atom is -0.491 e. The van der Waals surface area contributed by atoms with E-state index in [0.29, 0.717) is 5.69 Å². The maximum Gasteiger partial charge on any atom is 0.247 e. The molecular weight excluding hydrogens is 401 g/mol. The summed E-state index contributed by atoms with van der Waals surface area (Å²) in [5.41, 5.74) is 0.585. The average Bonchev–Trinajstić information content (AvgIpc) is 2.84. The van der Waals surface area contributed by atoms with Crippen LogP contribution < -0.4 is 20.7 Å². The van der Waals surface area contributed by atoms with Gasteiger partial charge in [-0.3, -0.25) is 4.79 Å². The number of anilines is 5. The molecule has 0 radical (unpaired) electrons. The third-order valence-corrected chi connectivity index (χ3v) is 3.61. The first-order valence-corrected chi connectivity index (χ1v) is 8.80. The monoisotopic (exact) mass is 429 g/mol. The Bertz CT molecular complexity index is 1310. The van der Waals surface area contributed by atoms with Gasteiger partial charge in [-0.15, -0.1) is 0 Å². The topological polar surface area (TPSA) is 97.4 Å². The van der Waals surface area contributed by atoms with Gasteiger partial charge < -0.3 is 25.4 Å². The lowest BCUT2D eigenvalue weighted by molar-refractivity contribution is -0.111. The van der Waals surface area contributed by atoms with E-state index < -0.39 is 24.8 Å². The molecule has 1 amide bonds. The van der Waals surface area contributed by atoms with Gasteiger partial charge in [-0.05, 0) is 48.5 Å². The Morgan fingerprint density at radius 1 is 1.23 bits per heavy atom. The normalized spacial score (nSPS) is 14.0. The molecule has 0 saturated heterocycles. The Morgan fingerprint density at radius 3 is 2.74 bits per heavy atom. The molecule has 1 heterocycles. The zero-order chi connectivity index (χ0) is 27.4. The van der Waals surface area contributed by atoms with Gasteiger partial charge >= 0.3 is 0 Å². The van der Waals surface area contributed by atoms with Crippen molar-refractivity contribution in [1.82, 2.24) is 9.97 Å². The number of amides is 1.